The molecule has 0 spiro atoms. The topological polar surface area (TPSA) is 43.1 Å². The highest BCUT2D eigenvalue weighted by atomic mass is 32.1. The minimum Gasteiger partial charge on any atom is -0.258 e. The molecular formula is C36H23NO2S. The molecule has 1 aromatic heterocycles. The summed E-state index contributed by atoms with van der Waals surface area (Å²) in [5.74, 6) is 0. The van der Waals surface area contributed by atoms with Gasteiger partial charge in [0.2, 0.25) is 0 Å². The molecule has 40 heavy (non-hydrogen) atoms. The van der Waals surface area contributed by atoms with Crippen molar-refractivity contribution < 1.29 is 4.92 Å². The lowest BCUT2D eigenvalue weighted by molar-refractivity contribution is -0.384. The molecule has 0 bridgehead atoms. The molecule has 0 aliphatic rings. The van der Waals surface area contributed by atoms with Crippen LogP contribution in [-0.2, 0) is 0 Å². The van der Waals surface area contributed by atoms with Crippen LogP contribution < -0.4 is 0 Å². The van der Waals surface area contributed by atoms with E-state index in [-0.39, 0.29) is 10.6 Å². The highest BCUT2D eigenvalue weighted by molar-refractivity contribution is 7.26. The molecule has 4 heteroatoms. The average molecular weight is 534 g/mol. The first-order valence-corrected chi connectivity index (χ1v) is 13.9. The number of nitro benzene ring substituents is 1. The highest BCUT2D eigenvalue weighted by Gasteiger charge is 2.20. The molecule has 6 aromatic carbocycles. The predicted octanol–water partition coefficient (Wildman–Crippen LogP) is 10.6. The van der Waals surface area contributed by atoms with Gasteiger partial charge in [-0.25, -0.2) is 0 Å². The van der Waals surface area contributed by atoms with E-state index in [1.54, 1.807) is 17.4 Å². The number of nitrogens with zero attached hydrogens (tertiary/aromatic N) is 1. The molecule has 0 N–H and O–H groups in total. The van der Waals surface area contributed by atoms with Crippen molar-refractivity contribution >= 4 is 37.2 Å². The van der Waals surface area contributed by atoms with Gasteiger partial charge in [-0.15, -0.1) is 11.3 Å². The molecule has 0 radical (unpaired) electrons. The third kappa shape index (κ3) is 4.25. The Labute approximate surface area is 235 Å². The maximum Gasteiger partial charge on any atom is 0.277 e. The van der Waals surface area contributed by atoms with E-state index in [9.17, 15) is 10.1 Å². The Kier molecular flexibility index (Phi) is 5.95. The third-order valence-electron chi connectivity index (χ3n) is 7.37. The van der Waals surface area contributed by atoms with Gasteiger partial charge in [-0.05, 0) is 63.7 Å². The van der Waals surface area contributed by atoms with Crippen LogP contribution in [0.15, 0.2) is 140 Å². The summed E-state index contributed by atoms with van der Waals surface area (Å²) in [6, 6.07) is 46.9. The van der Waals surface area contributed by atoms with E-state index in [1.165, 1.54) is 10.1 Å². The summed E-state index contributed by atoms with van der Waals surface area (Å²) < 4.78 is 2.24. The van der Waals surface area contributed by atoms with Crippen molar-refractivity contribution in [3.63, 3.8) is 0 Å². The zero-order chi connectivity index (χ0) is 27.1. The van der Waals surface area contributed by atoms with Crippen LogP contribution in [0.4, 0.5) is 5.69 Å². The predicted molar refractivity (Wildman–Crippen MR) is 168 cm³/mol. The standard InChI is InChI=1S/C36H23NO2S/c38-37(39)34-23-26(18-19-30(34)32-15-9-16-33-31-14-7-8-17-35(31)40-36(32)33)29-21-27(24-10-3-1-4-11-24)20-28(22-29)25-12-5-2-6-13-25/h1-23H. The summed E-state index contributed by atoms with van der Waals surface area (Å²) in [5.41, 5.74) is 7.72. The molecule has 0 aliphatic heterocycles. The summed E-state index contributed by atoms with van der Waals surface area (Å²) in [4.78, 5) is 12.2. The number of hydrogen-bond acceptors (Lipinski definition) is 3. The largest absolute Gasteiger partial charge is 0.277 e. The summed E-state index contributed by atoms with van der Waals surface area (Å²) >= 11 is 1.68. The smallest absolute Gasteiger partial charge is 0.258 e. The molecule has 0 fully saturated rings. The van der Waals surface area contributed by atoms with Crippen molar-refractivity contribution in [2.75, 3.05) is 0 Å². The molecule has 7 rings (SSSR count). The second-order valence-electron chi connectivity index (χ2n) is 9.80. The van der Waals surface area contributed by atoms with Crippen LogP contribution in [-0.4, -0.2) is 4.92 Å². The Bertz CT molecular complexity index is 1970. The fourth-order valence-corrected chi connectivity index (χ4v) is 6.67. The molecular weight excluding hydrogens is 510 g/mol. The minimum atomic E-state index is -0.260. The van der Waals surface area contributed by atoms with Crippen molar-refractivity contribution in [3.05, 3.63) is 150 Å². The van der Waals surface area contributed by atoms with E-state index >= 15 is 0 Å². The highest BCUT2D eigenvalue weighted by Crippen LogP contribution is 2.43. The normalized spacial score (nSPS) is 11.2. The number of hydrogen-bond donors (Lipinski definition) is 0. The first kappa shape index (κ1) is 24.0. The van der Waals surface area contributed by atoms with E-state index in [2.05, 4.69) is 60.7 Å². The van der Waals surface area contributed by atoms with E-state index in [4.69, 9.17) is 0 Å². The van der Waals surface area contributed by atoms with Gasteiger partial charge in [0.05, 0.1) is 10.5 Å². The van der Waals surface area contributed by atoms with Gasteiger partial charge >= 0.3 is 0 Å². The minimum absolute atomic E-state index is 0.105. The van der Waals surface area contributed by atoms with Gasteiger partial charge in [0.1, 0.15) is 0 Å². The van der Waals surface area contributed by atoms with Crippen LogP contribution in [0.3, 0.4) is 0 Å². The second kappa shape index (κ2) is 9.92. The Balaban J connectivity index is 1.41. The monoisotopic (exact) mass is 533 g/mol. The number of benzene rings is 6. The van der Waals surface area contributed by atoms with Crippen LogP contribution in [0.25, 0.3) is 64.7 Å². The Hall–Kier alpha value is -5.06. The SMILES string of the molecule is O=[N+]([O-])c1cc(-c2cc(-c3ccccc3)cc(-c3ccccc3)c2)ccc1-c1cccc2c1sc1ccccc12. The van der Waals surface area contributed by atoms with E-state index in [0.717, 1.165) is 49.0 Å². The van der Waals surface area contributed by atoms with Gasteiger partial charge < -0.3 is 0 Å². The van der Waals surface area contributed by atoms with Gasteiger partial charge in [-0.1, -0.05) is 103 Å². The van der Waals surface area contributed by atoms with Gasteiger partial charge in [0.15, 0.2) is 0 Å². The van der Waals surface area contributed by atoms with Crippen molar-refractivity contribution in [3.8, 4) is 44.5 Å². The van der Waals surface area contributed by atoms with Gasteiger partial charge in [0.25, 0.3) is 5.69 Å². The molecule has 1 heterocycles. The summed E-state index contributed by atoms with van der Waals surface area (Å²) in [6.45, 7) is 0. The Morgan fingerprint density at radius 2 is 1.05 bits per heavy atom. The number of thiophene rings is 1. The zero-order valence-corrected chi connectivity index (χ0v) is 22.3. The third-order valence-corrected chi connectivity index (χ3v) is 8.59. The van der Waals surface area contributed by atoms with Crippen LogP contribution in [0.5, 0.6) is 0 Å². The zero-order valence-electron chi connectivity index (χ0n) is 21.5. The molecule has 0 saturated carbocycles. The number of nitro groups is 1. The van der Waals surface area contributed by atoms with Gasteiger partial charge in [-0.3, -0.25) is 10.1 Å². The van der Waals surface area contributed by atoms with Crippen LogP contribution in [0, 0.1) is 10.1 Å². The van der Waals surface area contributed by atoms with Gasteiger partial charge in [-0.2, -0.15) is 0 Å². The lowest BCUT2D eigenvalue weighted by Gasteiger charge is -2.12. The molecule has 0 amide bonds. The summed E-state index contributed by atoms with van der Waals surface area (Å²) in [5, 5.41) is 14.8. The fraction of sp³-hybridized carbons (Fsp3) is 0. The number of rotatable bonds is 5. The molecule has 0 saturated heterocycles. The lowest BCUT2D eigenvalue weighted by Crippen LogP contribution is -1.94. The molecule has 7 aromatic rings. The van der Waals surface area contributed by atoms with E-state index < -0.39 is 0 Å². The Morgan fingerprint density at radius 3 is 1.70 bits per heavy atom. The quantitative estimate of drug-likeness (QED) is 0.163. The first-order valence-electron chi connectivity index (χ1n) is 13.1. The lowest BCUT2D eigenvalue weighted by atomic mass is 9.92. The molecule has 0 aliphatic carbocycles. The van der Waals surface area contributed by atoms with Crippen molar-refractivity contribution in [2.24, 2.45) is 0 Å². The summed E-state index contributed by atoms with van der Waals surface area (Å²) in [6.07, 6.45) is 0. The molecule has 0 unspecified atom stereocenters. The molecule has 190 valence electrons. The van der Waals surface area contributed by atoms with Crippen molar-refractivity contribution in [2.45, 2.75) is 0 Å². The summed E-state index contributed by atoms with van der Waals surface area (Å²) in [7, 11) is 0. The maximum atomic E-state index is 12.5. The van der Waals surface area contributed by atoms with Crippen LogP contribution >= 0.6 is 11.3 Å². The van der Waals surface area contributed by atoms with E-state index in [0.29, 0.717) is 5.56 Å². The van der Waals surface area contributed by atoms with E-state index in [1.807, 2.05) is 72.8 Å². The fourth-order valence-electron chi connectivity index (χ4n) is 5.44. The van der Waals surface area contributed by atoms with Crippen molar-refractivity contribution in [1.29, 1.82) is 0 Å². The average Bonchev–Trinajstić information content (AvgIpc) is 3.40. The molecule has 0 atom stereocenters. The van der Waals surface area contributed by atoms with Crippen LogP contribution in [0.2, 0.25) is 0 Å². The van der Waals surface area contributed by atoms with Crippen molar-refractivity contribution in [1.82, 2.24) is 0 Å². The Morgan fingerprint density at radius 1 is 0.475 bits per heavy atom. The molecule has 3 nitrogen and oxygen atoms in total. The second-order valence-corrected chi connectivity index (χ2v) is 10.9. The van der Waals surface area contributed by atoms with Crippen LogP contribution in [0.1, 0.15) is 0 Å². The maximum absolute atomic E-state index is 12.5. The number of fused-ring (bicyclic) bond motifs is 3. The first-order chi connectivity index (χ1) is 19.7. The van der Waals surface area contributed by atoms with Gasteiger partial charge in [0, 0.05) is 31.8 Å².